The topological polar surface area (TPSA) is 113 Å². The van der Waals surface area contributed by atoms with Gasteiger partial charge in [0.15, 0.2) is 0 Å². The molecule has 3 rings (SSSR count). The second-order valence-corrected chi connectivity index (χ2v) is 9.48. The van der Waals surface area contributed by atoms with E-state index in [1.165, 1.54) is 36.3 Å². The lowest BCUT2D eigenvalue weighted by atomic mass is 9.95. The normalized spacial score (nSPS) is 16.8. The molecule has 0 spiro atoms. The van der Waals surface area contributed by atoms with Gasteiger partial charge >= 0.3 is 0 Å². The number of amides is 1. The number of aliphatic hydroxyl groups excluding tert-OH is 1. The second-order valence-electron chi connectivity index (χ2n) is 9.48. The van der Waals surface area contributed by atoms with Crippen LogP contribution in [-0.2, 0) is 9.59 Å². The number of ketones is 1. The van der Waals surface area contributed by atoms with E-state index in [1.54, 1.807) is 24.3 Å². The molecule has 1 heterocycles. The van der Waals surface area contributed by atoms with E-state index in [0.717, 1.165) is 45.3 Å². The zero-order valence-corrected chi connectivity index (χ0v) is 22.4. The molecule has 2 aromatic carbocycles. The fourth-order valence-electron chi connectivity index (χ4n) is 4.75. The first-order valence-electron chi connectivity index (χ1n) is 13.2. The molecule has 9 heteroatoms. The first-order chi connectivity index (χ1) is 18.3. The molecule has 38 heavy (non-hydrogen) atoms. The molecule has 1 aliphatic heterocycles. The third-order valence-electron chi connectivity index (χ3n) is 6.81. The van der Waals surface area contributed by atoms with E-state index in [2.05, 4.69) is 18.7 Å². The quantitative estimate of drug-likeness (QED) is 0.117. The Kier molecular flexibility index (Phi) is 10.4. The number of benzene rings is 2. The molecular formula is C29H37N3O6. The minimum Gasteiger partial charge on any atom is -0.507 e. The minimum absolute atomic E-state index is 0.0856. The first-order valence-corrected chi connectivity index (χ1v) is 13.2. The number of non-ortho nitro benzene ring substituents is 1. The van der Waals surface area contributed by atoms with Crippen LogP contribution in [0.1, 0.15) is 63.1 Å². The number of carbonyl (C=O) groups is 2. The number of unbranched alkanes of at least 4 members (excludes halogenated alkanes) is 2. The molecule has 0 aliphatic carbocycles. The van der Waals surface area contributed by atoms with Crippen LogP contribution in [0.15, 0.2) is 54.1 Å². The minimum atomic E-state index is -0.843. The summed E-state index contributed by atoms with van der Waals surface area (Å²) in [6.45, 7) is 7.41. The van der Waals surface area contributed by atoms with E-state index in [9.17, 15) is 24.8 Å². The summed E-state index contributed by atoms with van der Waals surface area (Å²) in [5, 5.41) is 22.5. The lowest BCUT2D eigenvalue weighted by molar-refractivity contribution is -0.384. The molecule has 1 aliphatic rings. The average molecular weight is 524 g/mol. The van der Waals surface area contributed by atoms with Crippen LogP contribution in [0, 0.1) is 10.1 Å². The van der Waals surface area contributed by atoms with Crippen molar-refractivity contribution >= 4 is 23.1 Å². The summed E-state index contributed by atoms with van der Waals surface area (Å²) in [5.74, 6) is -1.39. The Bertz CT molecular complexity index is 1170. The molecule has 1 N–H and O–H groups in total. The summed E-state index contributed by atoms with van der Waals surface area (Å²) in [6.07, 6.45) is 5.07. The van der Waals surface area contributed by atoms with E-state index in [1.807, 2.05) is 0 Å². The van der Waals surface area contributed by atoms with Crippen LogP contribution in [0.3, 0.4) is 0 Å². The highest BCUT2D eigenvalue weighted by atomic mass is 16.6. The largest absolute Gasteiger partial charge is 0.507 e. The molecule has 1 fully saturated rings. The fourth-order valence-corrected chi connectivity index (χ4v) is 4.75. The van der Waals surface area contributed by atoms with Gasteiger partial charge in [-0.05, 0) is 56.6 Å². The molecule has 1 atom stereocenters. The van der Waals surface area contributed by atoms with Crippen LogP contribution in [0.25, 0.3) is 5.76 Å². The molecule has 0 bridgehead atoms. The number of likely N-dealkylation sites (tertiary alicyclic amines) is 1. The molecule has 0 unspecified atom stereocenters. The van der Waals surface area contributed by atoms with Gasteiger partial charge in [-0.3, -0.25) is 19.7 Å². The van der Waals surface area contributed by atoms with Crippen molar-refractivity contribution in [2.75, 3.05) is 33.3 Å². The van der Waals surface area contributed by atoms with Crippen molar-refractivity contribution in [1.29, 1.82) is 0 Å². The molecule has 204 valence electrons. The predicted molar refractivity (Wildman–Crippen MR) is 146 cm³/mol. The molecule has 0 aromatic heterocycles. The number of methoxy groups -OCH3 is 1. The van der Waals surface area contributed by atoms with Crippen LogP contribution in [0.4, 0.5) is 5.69 Å². The summed E-state index contributed by atoms with van der Waals surface area (Å²) in [6, 6.07) is 11.6. The average Bonchev–Trinajstić information content (AvgIpc) is 3.18. The van der Waals surface area contributed by atoms with E-state index < -0.39 is 28.4 Å². The van der Waals surface area contributed by atoms with E-state index in [-0.39, 0.29) is 16.8 Å². The number of hydrogen-bond donors (Lipinski definition) is 1. The Balaban J connectivity index is 1.98. The summed E-state index contributed by atoms with van der Waals surface area (Å²) < 4.78 is 5.36. The number of carbonyl (C=O) groups excluding carboxylic acids is 2. The predicted octanol–water partition coefficient (Wildman–Crippen LogP) is 5.32. The monoisotopic (exact) mass is 523 g/mol. The smallest absolute Gasteiger partial charge is 0.295 e. The molecule has 0 saturated carbocycles. The van der Waals surface area contributed by atoms with Crippen molar-refractivity contribution < 1.29 is 24.4 Å². The maximum atomic E-state index is 13.3. The van der Waals surface area contributed by atoms with Gasteiger partial charge in [-0.15, -0.1) is 0 Å². The van der Waals surface area contributed by atoms with Crippen molar-refractivity contribution in [2.24, 2.45) is 0 Å². The number of nitro groups is 1. The first kappa shape index (κ1) is 28.8. The Hall–Kier alpha value is -3.72. The number of hydrogen-bond acceptors (Lipinski definition) is 7. The van der Waals surface area contributed by atoms with Crippen molar-refractivity contribution in [2.45, 2.75) is 52.0 Å². The van der Waals surface area contributed by atoms with Gasteiger partial charge in [-0.1, -0.05) is 51.0 Å². The molecule has 0 radical (unpaired) electrons. The summed E-state index contributed by atoms with van der Waals surface area (Å²) in [7, 11) is 1.53. The van der Waals surface area contributed by atoms with Gasteiger partial charge in [0.05, 0.1) is 23.6 Å². The van der Waals surface area contributed by atoms with Gasteiger partial charge in [-0.2, -0.15) is 0 Å². The third kappa shape index (κ3) is 6.77. The number of Topliss-reactive ketones (excluding diaryl/α,β-unsaturated/α-hetero) is 1. The highest BCUT2D eigenvalue weighted by Crippen LogP contribution is 2.40. The van der Waals surface area contributed by atoms with Crippen molar-refractivity contribution in [1.82, 2.24) is 9.80 Å². The van der Waals surface area contributed by atoms with Crippen molar-refractivity contribution in [3.8, 4) is 5.75 Å². The maximum absolute atomic E-state index is 13.3. The SMILES string of the molecule is CCCCN(CCCC)CCCN1C(=O)C(=O)C(=C(O)c2cccc([N+](=O)[O-])c2)[C@@H]1c1cccc(OC)c1. The number of nitro benzene ring substituents is 1. The van der Waals surface area contributed by atoms with E-state index in [4.69, 9.17) is 4.74 Å². The summed E-state index contributed by atoms with van der Waals surface area (Å²) in [4.78, 5) is 41.2. The van der Waals surface area contributed by atoms with Crippen molar-refractivity contribution in [3.63, 3.8) is 0 Å². The number of ether oxygens (including phenoxy) is 1. The Morgan fingerprint density at radius 2 is 1.68 bits per heavy atom. The second kappa shape index (κ2) is 13.7. The lowest BCUT2D eigenvalue weighted by Gasteiger charge is -2.27. The van der Waals surface area contributed by atoms with E-state index >= 15 is 0 Å². The van der Waals surface area contributed by atoms with Gasteiger partial charge in [0.1, 0.15) is 11.5 Å². The Morgan fingerprint density at radius 3 is 2.32 bits per heavy atom. The molecule has 1 amide bonds. The van der Waals surface area contributed by atoms with E-state index in [0.29, 0.717) is 24.3 Å². The number of aliphatic hydroxyl groups is 1. The third-order valence-corrected chi connectivity index (χ3v) is 6.81. The Morgan fingerprint density at radius 1 is 1.03 bits per heavy atom. The molecule has 9 nitrogen and oxygen atoms in total. The van der Waals surface area contributed by atoms with Gasteiger partial charge < -0.3 is 19.6 Å². The fraction of sp³-hybridized carbons (Fsp3) is 0.448. The van der Waals surface area contributed by atoms with Gasteiger partial charge in [-0.25, -0.2) is 0 Å². The molecule has 1 saturated heterocycles. The zero-order valence-electron chi connectivity index (χ0n) is 22.4. The lowest BCUT2D eigenvalue weighted by Crippen LogP contribution is -2.34. The van der Waals surface area contributed by atoms with Crippen LogP contribution in [0.5, 0.6) is 5.75 Å². The summed E-state index contributed by atoms with van der Waals surface area (Å²) in [5.41, 5.74) is 0.415. The number of nitrogens with zero attached hydrogens (tertiary/aromatic N) is 3. The zero-order chi connectivity index (χ0) is 27.7. The Labute approximate surface area is 223 Å². The number of rotatable bonds is 14. The maximum Gasteiger partial charge on any atom is 0.295 e. The molecule has 2 aromatic rings. The van der Waals surface area contributed by atoms with Crippen LogP contribution < -0.4 is 4.74 Å². The van der Waals surface area contributed by atoms with Gasteiger partial charge in [0.25, 0.3) is 17.4 Å². The highest BCUT2D eigenvalue weighted by molar-refractivity contribution is 6.46. The van der Waals surface area contributed by atoms with Crippen LogP contribution in [0.2, 0.25) is 0 Å². The van der Waals surface area contributed by atoms with Gasteiger partial charge in [0.2, 0.25) is 0 Å². The standard InChI is InChI=1S/C29H37N3O6/c1-4-6-15-30(16-7-5-2)17-10-18-31-26(21-11-9-14-24(20-21)38-3)25(28(34)29(31)35)27(33)22-12-8-13-23(19-22)32(36)37/h8-9,11-14,19-20,26,33H,4-7,10,15-18H2,1-3H3/t26-/m0/s1. The summed E-state index contributed by atoms with van der Waals surface area (Å²) >= 11 is 0. The molecular weight excluding hydrogens is 486 g/mol. The van der Waals surface area contributed by atoms with Crippen molar-refractivity contribution in [3.05, 3.63) is 75.3 Å². The van der Waals surface area contributed by atoms with Gasteiger partial charge in [0, 0.05) is 24.2 Å². The highest BCUT2D eigenvalue weighted by Gasteiger charge is 2.46. The van der Waals surface area contributed by atoms with Crippen LogP contribution in [-0.4, -0.2) is 64.8 Å². The van der Waals surface area contributed by atoms with Crippen LogP contribution >= 0.6 is 0 Å².